The van der Waals surface area contributed by atoms with Crippen LogP contribution in [0.1, 0.15) is 11.1 Å². The molecule has 0 amide bonds. The van der Waals surface area contributed by atoms with Crippen LogP contribution in [0.3, 0.4) is 0 Å². The highest BCUT2D eigenvalue weighted by atomic mass is 19.4. The largest absolute Gasteiger partial charge is 0.419 e. The Morgan fingerprint density at radius 1 is 0.892 bits per heavy atom. The van der Waals surface area contributed by atoms with Gasteiger partial charge in [-0.25, -0.2) is 9.97 Å². The average molecular weight is 512 g/mol. The SMILES string of the molecule is CN=Cc1cccc(-c2cc(N3CCOCC3)nc(N3CCN(c4ncccc4C(F)(F)F)CC3)n2)c1. The van der Waals surface area contributed by atoms with Crippen molar-refractivity contribution in [3.63, 3.8) is 0 Å². The van der Waals surface area contributed by atoms with E-state index in [2.05, 4.69) is 14.9 Å². The molecule has 0 aliphatic carbocycles. The minimum atomic E-state index is -4.46. The van der Waals surface area contributed by atoms with Crippen molar-refractivity contribution in [1.29, 1.82) is 0 Å². The maximum atomic E-state index is 13.5. The number of aromatic nitrogens is 3. The highest BCUT2D eigenvalue weighted by molar-refractivity contribution is 5.82. The maximum Gasteiger partial charge on any atom is 0.419 e. The van der Waals surface area contributed by atoms with Crippen LogP contribution >= 0.6 is 0 Å². The molecule has 2 fully saturated rings. The molecule has 2 saturated heterocycles. The van der Waals surface area contributed by atoms with Gasteiger partial charge in [-0.1, -0.05) is 18.2 Å². The topological polar surface area (TPSA) is 70.0 Å². The zero-order valence-electron chi connectivity index (χ0n) is 20.5. The molecule has 5 rings (SSSR count). The lowest BCUT2D eigenvalue weighted by atomic mass is 10.1. The third kappa shape index (κ3) is 5.66. The number of anilines is 3. The highest BCUT2D eigenvalue weighted by Gasteiger charge is 2.36. The average Bonchev–Trinajstić information content (AvgIpc) is 2.93. The second-order valence-corrected chi connectivity index (χ2v) is 8.87. The van der Waals surface area contributed by atoms with Gasteiger partial charge in [0.25, 0.3) is 0 Å². The highest BCUT2D eigenvalue weighted by Crippen LogP contribution is 2.35. The number of alkyl halides is 3. The molecule has 2 aliphatic rings. The minimum absolute atomic E-state index is 0.0345. The minimum Gasteiger partial charge on any atom is -0.378 e. The number of aliphatic imine (C=N–C) groups is 1. The Kier molecular flexibility index (Phi) is 7.22. The van der Waals surface area contributed by atoms with Crippen LogP contribution < -0.4 is 14.7 Å². The smallest absolute Gasteiger partial charge is 0.378 e. The van der Waals surface area contributed by atoms with Crippen LogP contribution in [0.4, 0.5) is 30.8 Å². The molecule has 11 heteroatoms. The number of hydrogen-bond donors (Lipinski definition) is 0. The van der Waals surface area contributed by atoms with Crippen LogP contribution in [0.15, 0.2) is 53.7 Å². The Bertz CT molecular complexity index is 1250. The van der Waals surface area contributed by atoms with Gasteiger partial charge in [0.2, 0.25) is 5.95 Å². The summed E-state index contributed by atoms with van der Waals surface area (Å²) in [6, 6.07) is 12.3. The van der Waals surface area contributed by atoms with Gasteiger partial charge in [-0.15, -0.1) is 0 Å². The molecule has 0 spiro atoms. The van der Waals surface area contributed by atoms with E-state index in [1.54, 1.807) is 18.2 Å². The molecule has 4 heterocycles. The summed E-state index contributed by atoms with van der Waals surface area (Å²) in [5.74, 6) is 1.34. The molecule has 0 saturated carbocycles. The van der Waals surface area contributed by atoms with Gasteiger partial charge in [0.1, 0.15) is 11.6 Å². The van der Waals surface area contributed by atoms with E-state index in [1.165, 1.54) is 12.3 Å². The van der Waals surface area contributed by atoms with Crippen LogP contribution in [0, 0.1) is 0 Å². The number of morpholine rings is 1. The summed E-state index contributed by atoms with van der Waals surface area (Å²) in [4.78, 5) is 23.8. The lowest BCUT2D eigenvalue weighted by Crippen LogP contribution is -2.48. The number of piperazine rings is 1. The van der Waals surface area contributed by atoms with Gasteiger partial charge in [0.15, 0.2) is 0 Å². The fraction of sp³-hybridized carbons (Fsp3) is 0.385. The second kappa shape index (κ2) is 10.7. The number of halogens is 3. The number of hydrogen-bond acceptors (Lipinski definition) is 8. The van der Waals surface area contributed by atoms with Gasteiger partial charge >= 0.3 is 6.18 Å². The molecule has 3 aromatic rings. The van der Waals surface area contributed by atoms with Crippen LogP contribution in [-0.4, -0.2) is 80.7 Å². The molecule has 37 heavy (non-hydrogen) atoms. The first-order chi connectivity index (χ1) is 17.9. The van der Waals surface area contributed by atoms with Crippen molar-refractivity contribution in [2.45, 2.75) is 6.18 Å². The van der Waals surface area contributed by atoms with Crippen molar-refractivity contribution in [3.8, 4) is 11.3 Å². The van der Waals surface area contributed by atoms with E-state index in [4.69, 9.17) is 14.7 Å². The molecule has 0 atom stereocenters. The van der Waals surface area contributed by atoms with Crippen molar-refractivity contribution in [2.75, 3.05) is 74.2 Å². The molecule has 0 bridgehead atoms. The third-order valence-corrected chi connectivity index (χ3v) is 6.45. The first-order valence-corrected chi connectivity index (χ1v) is 12.2. The van der Waals surface area contributed by atoms with Gasteiger partial charge in [0, 0.05) is 70.4 Å². The molecular formula is C26H28F3N7O. The first kappa shape index (κ1) is 24.9. The first-order valence-electron chi connectivity index (χ1n) is 12.2. The van der Waals surface area contributed by atoms with Crippen molar-refractivity contribution in [1.82, 2.24) is 15.0 Å². The number of pyridine rings is 1. The summed E-state index contributed by atoms with van der Waals surface area (Å²) in [5.41, 5.74) is 1.98. The van der Waals surface area contributed by atoms with E-state index in [0.717, 1.165) is 41.8 Å². The monoisotopic (exact) mass is 511 g/mol. The van der Waals surface area contributed by atoms with Crippen LogP contribution in [0.2, 0.25) is 0 Å². The zero-order chi connectivity index (χ0) is 25.8. The fourth-order valence-electron chi connectivity index (χ4n) is 4.58. The standard InChI is InChI=1S/C26H28F3N7O/c1-30-18-19-4-2-5-20(16-19)22-17-23(34-12-14-37-15-13-34)33-25(32-22)36-10-8-35(9-11-36)24-21(26(27,28)29)6-3-7-31-24/h2-7,16-18H,8-15H2,1H3. The quantitative estimate of drug-likeness (QED) is 0.483. The van der Waals surface area contributed by atoms with Gasteiger partial charge in [0.05, 0.1) is 24.5 Å². The molecule has 194 valence electrons. The summed E-state index contributed by atoms with van der Waals surface area (Å²) >= 11 is 0. The number of nitrogens with zero attached hydrogens (tertiary/aromatic N) is 7. The molecule has 1 aromatic carbocycles. The Balaban J connectivity index is 1.43. The summed E-state index contributed by atoms with van der Waals surface area (Å²) in [6.45, 7) is 4.41. The van der Waals surface area contributed by atoms with E-state index in [9.17, 15) is 13.2 Å². The van der Waals surface area contributed by atoms with E-state index < -0.39 is 11.7 Å². The van der Waals surface area contributed by atoms with Crippen molar-refractivity contribution < 1.29 is 17.9 Å². The molecule has 2 aromatic heterocycles. The number of benzene rings is 1. The van der Waals surface area contributed by atoms with Crippen LogP contribution in [0.25, 0.3) is 11.3 Å². The Labute approximate surface area is 213 Å². The summed E-state index contributed by atoms with van der Waals surface area (Å²) in [7, 11) is 1.73. The molecular weight excluding hydrogens is 483 g/mol. The zero-order valence-corrected chi connectivity index (χ0v) is 20.5. The van der Waals surface area contributed by atoms with Crippen LogP contribution in [0.5, 0.6) is 0 Å². The Hall–Kier alpha value is -3.73. The maximum absolute atomic E-state index is 13.5. The van der Waals surface area contributed by atoms with Gasteiger partial charge in [-0.2, -0.15) is 18.2 Å². The lowest BCUT2D eigenvalue weighted by molar-refractivity contribution is -0.137. The number of rotatable bonds is 5. The normalized spacial score (nSPS) is 17.0. The van der Waals surface area contributed by atoms with E-state index in [-0.39, 0.29) is 5.82 Å². The number of ether oxygens (including phenoxy) is 1. The van der Waals surface area contributed by atoms with Gasteiger partial charge in [-0.05, 0) is 23.8 Å². The molecule has 0 N–H and O–H groups in total. The Morgan fingerprint density at radius 2 is 1.65 bits per heavy atom. The van der Waals surface area contributed by atoms with Gasteiger partial charge in [-0.3, -0.25) is 4.99 Å². The lowest BCUT2D eigenvalue weighted by Gasteiger charge is -2.37. The fourth-order valence-corrected chi connectivity index (χ4v) is 4.58. The molecule has 0 unspecified atom stereocenters. The predicted molar refractivity (Wildman–Crippen MR) is 138 cm³/mol. The van der Waals surface area contributed by atoms with Crippen molar-refractivity contribution in [2.24, 2.45) is 4.99 Å². The van der Waals surface area contributed by atoms with Crippen molar-refractivity contribution >= 4 is 23.8 Å². The molecule has 8 nitrogen and oxygen atoms in total. The van der Waals surface area contributed by atoms with Crippen LogP contribution in [-0.2, 0) is 10.9 Å². The van der Waals surface area contributed by atoms with E-state index in [1.807, 2.05) is 35.2 Å². The summed E-state index contributed by atoms with van der Waals surface area (Å²) in [5, 5.41) is 0. The summed E-state index contributed by atoms with van der Waals surface area (Å²) < 4.78 is 46.1. The molecule has 2 aliphatic heterocycles. The van der Waals surface area contributed by atoms with E-state index >= 15 is 0 Å². The van der Waals surface area contributed by atoms with Gasteiger partial charge < -0.3 is 19.4 Å². The van der Waals surface area contributed by atoms with Crippen molar-refractivity contribution in [3.05, 3.63) is 59.8 Å². The second-order valence-electron chi connectivity index (χ2n) is 8.87. The predicted octanol–water partition coefficient (Wildman–Crippen LogP) is 3.77. The molecule has 0 radical (unpaired) electrons. The summed E-state index contributed by atoms with van der Waals surface area (Å²) in [6.07, 6.45) is -1.27. The third-order valence-electron chi connectivity index (χ3n) is 6.45. The Morgan fingerprint density at radius 3 is 2.38 bits per heavy atom. The van der Waals surface area contributed by atoms with E-state index in [0.29, 0.717) is 45.3 Å².